The number of esters is 1. The van der Waals surface area contributed by atoms with Crippen LogP contribution in [0.1, 0.15) is 15.9 Å². The Labute approximate surface area is 89.3 Å². The number of phenolic OH excluding ortho intramolecular Hbond substituents is 2. The number of aromatic hydroxyl groups is 2. The maximum atomic E-state index is 11.1. The van der Waals surface area contributed by atoms with Gasteiger partial charge in [0.15, 0.2) is 11.5 Å². The quantitative estimate of drug-likeness (QED) is 0.483. The number of rotatable bonds is 2. The van der Waals surface area contributed by atoms with Crippen molar-refractivity contribution >= 4 is 21.9 Å². The zero-order chi connectivity index (χ0) is 10.7. The van der Waals surface area contributed by atoms with Crippen LogP contribution in [0.25, 0.3) is 0 Å². The van der Waals surface area contributed by atoms with E-state index in [4.69, 9.17) is 0 Å². The average Bonchev–Trinajstić information content (AvgIpc) is 2.20. The monoisotopic (exact) mass is 260 g/mol. The molecule has 0 bridgehead atoms. The number of methoxy groups -OCH3 is 1. The number of ether oxygens (including phenoxy) is 1. The number of hydrogen-bond donors (Lipinski definition) is 2. The molecule has 5 heteroatoms. The molecule has 4 nitrogen and oxygen atoms in total. The van der Waals surface area contributed by atoms with Gasteiger partial charge in [0.05, 0.1) is 12.7 Å². The molecule has 0 saturated heterocycles. The van der Waals surface area contributed by atoms with Gasteiger partial charge in [-0.25, -0.2) is 4.79 Å². The van der Waals surface area contributed by atoms with E-state index in [1.54, 1.807) is 0 Å². The van der Waals surface area contributed by atoms with Crippen LogP contribution in [0.5, 0.6) is 11.5 Å². The molecule has 0 radical (unpaired) electrons. The summed E-state index contributed by atoms with van der Waals surface area (Å²) in [6, 6.07) is 2.61. The summed E-state index contributed by atoms with van der Waals surface area (Å²) in [6.07, 6.45) is 0. The lowest BCUT2D eigenvalue weighted by Crippen LogP contribution is -2.01. The van der Waals surface area contributed by atoms with Crippen LogP contribution in [0.3, 0.4) is 0 Å². The van der Waals surface area contributed by atoms with Gasteiger partial charge in [-0.15, -0.1) is 0 Å². The summed E-state index contributed by atoms with van der Waals surface area (Å²) < 4.78 is 4.48. The first-order valence-corrected chi connectivity index (χ1v) is 4.91. The average molecular weight is 261 g/mol. The summed E-state index contributed by atoms with van der Waals surface area (Å²) in [4.78, 5) is 11.1. The minimum absolute atomic E-state index is 0.206. The zero-order valence-corrected chi connectivity index (χ0v) is 9.04. The summed E-state index contributed by atoms with van der Waals surface area (Å²) in [7, 11) is 1.25. The van der Waals surface area contributed by atoms with Crippen molar-refractivity contribution in [1.82, 2.24) is 0 Å². The van der Waals surface area contributed by atoms with Crippen molar-refractivity contribution in [2.24, 2.45) is 0 Å². The van der Waals surface area contributed by atoms with E-state index in [0.717, 1.165) is 6.07 Å². The number of phenols is 2. The van der Waals surface area contributed by atoms with Crippen LogP contribution in [-0.2, 0) is 10.1 Å². The highest BCUT2D eigenvalue weighted by atomic mass is 79.9. The Balaban J connectivity index is 3.22. The Kier molecular flexibility index (Phi) is 3.35. The lowest BCUT2D eigenvalue weighted by Gasteiger charge is -2.06. The summed E-state index contributed by atoms with van der Waals surface area (Å²) in [5.41, 5.74) is 0.641. The van der Waals surface area contributed by atoms with Gasteiger partial charge in [-0.05, 0) is 12.1 Å². The number of halogens is 1. The molecule has 0 aliphatic heterocycles. The molecule has 0 unspecified atom stereocenters. The predicted octanol–water partition coefficient (Wildman–Crippen LogP) is 1.78. The van der Waals surface area contributed by atoms with Crippen LogP contribution in [-0.4, -0.2) is 23.3 Å². The number of alkyl halides is 1. The molecule has 1 aromatic carbocycles. The number of carbonyl (C=O) groups is 1. The second-order valence-electron chi connectivity index (χ2n) is 2.63. The number of hydrogen-bond acceptors (Lipinski definition) is 4. The summed E-state index contributed by atoms with van der Waals surface area (Å²) in [5, 5.41) is 19.0. The first kappa shape index (κ1) is 10.8. The standard InChI is InChI=1S/C9H9BrO4/c1-14-9(13)5-2-6(4-10)8(12)7(11)3-5/h2-3,11-12H,4H2,1H3. The van der Waals surface area contributed by atoms with E-state index in [1.807, 2.05) is 0 Å². The molecule has 0 aliphatic rings. The second-order valence-corrected chi connectivity index (χ2v) is 3.19. The third-order valence-electron chi connectivity index (χ3n) is 1.73. The van der Waals surface area contributed by atoms with Gasteiger partial charge in [0.25, 0.3) is 0 Å². The fourth-order valence-corrected chi connectivity index (χ4v) is 1.44. The summed E-state index contributed by atoms with van der Waals surface area (Å²) in [6.45, 7) is 0. The maximum absolute atomic E-state index is 11.1. The van der Waals surface area contributed by atoms with Crippen molar-refractivity contribution in [3.63, 3.8) is 0 Å². The molecular formula is C9H9BrO4. The first-order valence-electron chi connectivity index (χ1n) is 3.79. The van der Waals surface area contributed by atoms with Crippen LogP contribution >= 0.6 is 15.9 Å². The summed E-state index contributed by atoms with van der Waals surface area (Å²) >= 11 is 3.12. The van der Waals surface area contributed by atoms with E-state index < -0.39 is 5.97 Å². The molecule has 0 aliphatic carbocycles. The Morgan fingerprint density at radius 2 is 2.14 bits per heavy atom. The van der Waals surface area contributed by atoms with E-state index in [1.165, 1.54) is 13.2 Å². The maximum Gasteiger partial charge on any atom is 0.337 e. The van der Waals surface area contributed by atoms with Crippen molar-refractivity contribution in [1.29, 1.82) is 0 Å². The Bertz CT molecular complexity index is 362. The minimum atomic E-state index is -0.553. The highest BCUT2D eigenvalue weighted by Gasteiger charge is 2.13. The van der Waals surface area contributed by atoms with E-state index in [2.05, 4.69) is 20.7 Å². The SMILES string of the molecule is COC(=O)c1cc(O)c(O)c(CBr)c1. The van der Waals surface area contributed by atoms with Gasteiger partial charge in [0.2, 0.25) is 0 Å². The first-order chi connectivity index (χ1) is 6.60. The van der Waals surface area contributed by atoms with E-state index in [9.17, 15) is 15.0 Å². The molecule has 0 aromatic heterocycles. The van der Waals surface area contributed by atoms with Gasteiger partial charge < -0.3 is 14.9 Å². The van der Waals surface area contributed by atoms with E-state index in [-0.39, 0.29) is 17.1 Å². The van der Waals surface area contributed by atoms with E-state index >= 15 is 0 Å². The van der Waals surface area contributed by atoms with Gasteiger partial charge in [0.1, 0.15) is 0 Å². The van der Waals surface area contributed by atoms with Crippen molar-refractivity contribution in [2.75, 3.05) is 7.11 Å². The van der Waals surface area contributed by atoms with Gasteiger partial charge in [-0.2, -0.15) is 0 Å². The third kappa shape index (κ3) is 1.98. The lowest BCUT2D eigenvalue weighted by molar-refractivity contribution is 0.0600. The van der Waals surface area contributed by atoms with Gasteiger partial charge >= 0.3 is 5.97 Å². The highest BCUT2D eigenvalue weighted by Crippen LogP contribution is 2.31. The molecule has 0 atom stereocenters. The Hall–Kier alpha value is -1.23. The molecule has 0 saturated carbocycles. The lowest BCUT2D eigenvalue weighted by atomic mass is 10.1. The molecule has 1 rings (SSSR count). The molecule has 76 valence electrons. The van der Waals surface area contributed by atoms with Crippen molar-refractivity contribution in [2.45, 2.75) is 5.33 Å². The van der Waals surface area contributed by atoms with Crippen molar-refractivity contribution < 1.29 is 19.7 Å². The van der Waals surface area contributed by atoms with Crippen LogP contribution in [0.15, 0.2) is 12.1 Å². The number of carbonyl (C=O) groups excluding carboxylic acids is 1. The van der Waals surface area contributed by atoms with Crippen molar-refractivity contribution in [3.05, 3.63) is 23.3 Å². The molecule has 0 spiro atoms. The topological polar surface area (TPSA) is 66.8 Å². The van der Waals surface area contributed by atoms with E-state index in [0.29, 0.717) is 10.9 Å². The largest absolute Gasteiger partial charge is 0.504 e. The fraction of sp³-hybridized carbons (Fsp3) is 0.222. The van der Waals surface area contributed by atoms with Gasteiger partial charge in [-0.3, -0.25) is 0 Å². The molecule has 1 aromatic rings. The minimum Gasteiger partial charge on any atom is -0.504 e. The highest BCUT2D eigenvalue weighted by molar-refractivity contribution is 9.08. The normalized spacial score (nSPS) is 9.86. The summed E-state index contributed by atoms with van der Waals surface area (Å²) in [5.74, 6) is -1.11. The fourth-order valence-electron chi connectivity index (χ4n) is 1.02. The molecule has 0 heterocycles. The van der Waals surface area contributed by atoms with Crippen LogP contribution in [0.4, 0.5) is 0 Å². The molecule has 14 heavy (non-hydrogen) atoms. The smallest absolute Gasteiger partial charge is 0.337 e. The Morgan fingerprint density at radius 1 is 1.50 bits per heavy atom. The molecule has 0 fully saturated rings. The molecular weight excluding hydrogens is 252 g/mol. The predicted molar refractivity (Wildman–Crippen MR) is 53.7 cm³/mol. The third-order valence-corrected chi connectivity index (χ3v) is 2.34. The number of benzene rings is 1. The molecule has 2 N–H and O–H groups in total. The van der Waals surface area contributed by atoms with Gasteiger partial charge in [-0.1, -0.05) is 15.9 Å². The van der Waals surface area contributed by atoms with Crippen molar-refractivity contribution in [3.8, 4) is 11.5 Å². The zero-order valence-electron chi connectivity index (χ0n) is 7.45. The Morgan fingerprint density at radius 3 is 2.64 bits per heavy atom. The van der Waals surface area contributed by atoms with Crippen LogP contribution in [0.2, 0.25) is 0 Å². The molecule has 0 amide bonds. The van der Waals surface area contributed by atoms with Gasteiger partial charge in [0, 0.05) is 10.9 Å². The second kappa shape index (κ2) is 4.32. The van der Waals surface area contributed by atoms with Crippen LogP contribution in [0, 0.1) is 0 Å². The van der Waals surface area contributed by atoms with Crippen LogP contribution < -0.4 is 0 Å².